The molecule has 116 valence electrons. The molecule has 0 aromatic heterocycles. The lowest BCUT2D eigenvalue weighted by Gasteiger charge is -2.28. The molecule has 0 bridgehead atoms. The molecule has 5 nitrogen and oxygen atoms in total. The number of carbonyl (C=O) groups excluding carboxylic acids is 1. The van der Waals surface area contributed by atoms with Crippen LogP contribution in [0.5, 0.6) is 5.75 Å². The summed E-state index contributed by atoms with van der Waals surface area (Å²) in [6.45, 7) is 9.17. The summed E-state index contributed by atoms with van der Waals surface area (Å²) < 4.78 is 5.83. The highest BCUT2D eigenvalue weighted by Crippen LogP contribution is 2.27. The van der Waals surface area contributed by atoms with Crippen LogP contribution in [0.15, 0.2) is 18.2 Å². The van der Waals surface area contributed by atoms with E-state index in [0.29, 0.717) is 12.0 Å². The molecule has 0 saturated carbocycles. The van der Waals surface area contributed by atoms with Crippen molar-refractivity contribution in [1.29, 1.82) is 0 Å². The lowest BCUT2D eigenvalue weighted by molar-refractivity contribution is 0.0444. The summed E-state index contributed by atoms with van der Waals surface area (Å²) in [5, 5.41) is 9.31. The molecule has 0 spiro atoms. The van der Waals surface area contributed by atoms with Gasteiger partial charge in [0.1, 0.15) is 17.5 Å². The molecule has 0 aliphatic heterocycles. The first-order chi connectivity index (χ1) is 9.96. The van der Waals surface area contributed by atoms with Crippen molar-refractivity contribution < 1.29 is 19.4 Å². The van der Waals surface area contributed by atoms with Crippen molar-refractivity contribution >= 4 is 11.8 Å². The predicted octanol–water partition coefficient (Wildman–Crippen LogP) is 3.04. The van der Waals surface area contributed by atoms with E-state index in [1.807, 2.05) is 25.7 Å². The summed E-state index contributed by atoms with van der Waals surface area (Å²) in [7, 11) is 0. The molecular weight excluding hydrogens is 270 g/mol. The second kappa shape index (κ2) is 7.78. The van der Waals surface area contributed by atoms with E-state index < -0.39 is 5.97 Å². The fourth-order valence-corrected chi connectivity index (χ4v) is 2.23. The zero-order chi connectivity index (χ0) is 16.0. The number of carbonyl (C=O) groups is 2. The molecule has 5 heteroatoms. The Morgan fingerprint density at radius 3 is 2.24 bits per heavy atom. The number of aromatic carboxylic acids is 1. The van der Waals surface area contributed by atoms with Crippen LogP contribution in [0.3, 0.4) is 0 Å². The van der Waals surface area contributed by atoms with Gasteiger partial charge in [0.2, 0.25) is 0 Å². The highest BCUT2D eigenvalue weighted by Gasteiger charge is 2.22. The van der Waals surface area contributed by atoms with Crippen LogP contribution < -0.4 is 4.74 Å². The number of ether oxygens (including phenoxy) is 1. The Hall–Kier alpha value is -1.88. The van der Waals surface area contributed by atoms with E-state index in [0.717, 1.165) is 13.1 Å². The molecule has 0 fully saturated rings. The molecule has 0 aliphatic carbocycles. The normalized spacial score (nSPS) is 12.2. The maximum Gasteiger partial charge on any atom is 0.339 e. The van der Waals surface area contributed by atoms with Gasteiger partial charge in [-0.1, -0.05) is 26.8 Å². The number of rotatable bonds is 8. The first-order valence-corrected chi connectivity index (χ1v) is 7.26. The first-order valence-electron chi connectivity index (χ1n) is 7.26. The second-order valence-corrected chi connectivity index (χ2v) is 4.70. The number of Topliss-reactive ketones (excluding diaryl/α,β-unsaturated/α-hetero) is 1. The minimum atomic E-state index is -1.09. The van der Waals surface area contributed by atoms with Crippen molar-refractivity contribution in [1.82, 2.24) is 4.90 Å². The Labute approximate surface area is 125 Å². The largest absolute Gasteiger partial charge is 0.478 e. The monoisotopic (exact) mass is 293 g/mol. The van der Waals surface area contributed by atoms with Crippen LogP contribution in [0.1, 0.15) is 54.8 Å². The molecule has 0 amide bonds. The van der Waals surface area contributed by atoms with Crippen molar-refractivity contribution in [3.63, 3.8) is 0 Å². The topological polar surface area (TPSA) is 66.8 Å². The number of hydrogen-bond donors (Lipinski definition) is 1. The van der Waals surface area contributed by atoms with Gasteiger partial charge in [-0.25, -0.2) is 4.79 Å². The van der Waals surface area contributed by atoms with E-state index in [4.69, 9.17) is 4.74 Å². The van der Waals surface area contributed by atoms with E-state index >= 15 is 0 Å². The molecule has 1 atom stereocenters. The van der Waals surface area contributed by atoms with Crippen LogP contribution in [-0.2, 0) is 0 Å². The maximum atomic E-state index is 12.0. The maximum absolute atomic E-state index is 12.0. The third-order valence-electron chi connectivity index (χ3n) is 3.48. The van der Waals surface area contributed by atoms with E-state index in [2.05, 4.69) is 0 Å². The summed E-state index contributed by atoms with van der Waals surface area (Å²) in [5.74, 6) is -1.06. The number of hydrogen-bond acceptors (Lipinski definition) is 4. The lowest BCUT2D eigenvalue weighted by Crippen LogP contribution is -2.37. The number of carboxylic acid groups (broad SMARTS) is 1. The molecule has 0 radical (unpaired) electrons. The van der Waals surface area contributed by atoms with E-state index in [1.165, 1.54) is 6.07 Å². The van der Waals surface area contributed by atoms with Gasteiger partial charge in [0.05, 0.1) is 5.56 Å². The SMILES string of the molecule is CCC(=O)c1cccc(C(=O)O)c1OC(C)N(CC)CC. The van der Waals surface area contributed by atoms with Crippen LogP contribution in [0.2, 0.25) is 0 Å². The molecule has 1 N–H and O–H groups in total. The third kappa shape index (κ3) is 4.04. The van der Waals surface area contributed by atoms with Crippen molar-refractivity contribution in [2.24, 2.45) is 0 Å². The Bertz CT molecular complexity index is 509. The second-order valence-electron chi connectivity index (χ2n) is 4.70. The first kappa shape index (κ1) is 17.2. The van der Waals surface area contributed by atoms with Crippen LogP contribution in [-0.4, -0.2) is 41.1 Å². The lowest BCUT2D eigenvalue weighted by atomic mass is 10.0. The minimum Gasteiger partial charge on any atom is -0.478 e. The van der Waals surface area contributed by atoms with Gasteiger partial charge >= 0.3 is 5.97 Å². The molecule has 21 heavy (non-hydrogen) atoms. The van der Waals surface area contributed by atoms with Crippen LogP contribution in [0.25, 0.3) is 0 Å². The average Bonchev–Trinajstić information content (AvgIpc) is 2.47. The van der Waals surface area contributed by atoms with Gasteiger partial charge in [0.25, 0.3) is 0 Å². The Morgan fingerprint density at radius 1 is 1.19 bits per heavy atom. The summed E-state index contributed by atoms with van der Waals surface area (Å²) in [4.78, 5) is 25.4. The van der Waals surface area contributed by atoms with Gasteiger partial charge in [-0.2, -0.15) is 0 Å². The smallest absolute Gasteiger partial charge is 0.339 e. The van der Waals surface area contributed by atoms with E-state index in [9.17, 15) is 14.7 Å². The molecule has 1 aromatic carbocycles. The van der Waals surface area contributed by atoms with Crippen LogP contribution in [0, 0.1) is 0 Å². The fourth-order valence-electron chi connectivity index (χ4n) is 2.23. The van der Waals surface area contributed by atoms with Crippen LogP contribution in [0.4, 0.5) is 0 Å². The average molecular weight is 293 g/mol. The molecule has 0 saturated heterocycles. The zero-order valence-corrected chi connectivity index (χ0v) is 13.0. The summed E-state index contributed by atoms with van der Waals surface area (Å²) >= 11 is 0. The Kier molecular flexibility index (Phi) is 6.37. The molecule has 0 heterocycles. The van der Waals surface area contributed by atoms with Crippen molar-refractivity contribution in [2.75, 3.05) is 13.1 Å². The molecular formula is C16H23NO4. The van der Waals surface area contributed by atoms with Crippen molar-refractivity contribution in [3.05, 3.63) is 29.3 Å². The molecule has 0 aliphatic rings. The van der Waals surface area contributed by atoms with Crippen molar-refractivity contribution in [3.8, 4) is 5.75 Å². The predicted molar refractivity (Wildman–Crippen MR) is 81.0 cm³/mol. The Balaban J connectivity index is 3.23. The molecule has 1 rings (SSSR count). The fraction of sp³-hybridized carbons (Fsp3) is 0.500. The van der Waals surface area contributed by atoms with Gasteiger partial charge in [-0.15, -0.1) is 0 Å². The summed E-state index contributed by atoms with van der Waals surface area (Å²) in [6, 6.07) is 4.64. The third-order valence-corrected chi connectivity index (χ3v) is 3.48. The van der Waals surface area contributed by atoms with E-state index in [-0.39, 0.29) is 23.3 Å². The standard InChI is InChI=1S/C16H23NO4/c1-5-14(18)12-9-8-10-13(16(19)20)15(12)21-11(4)17(6-2)7-3/h8-11H,5-7H2,1-4H3,(H,19,20). The quantitative estimate of drug-likeness (QED) is 0.589. The molecule has 1 unspecified atom stereocenters. The van der Waals surface area contributed by atoms with Gasteiger partial charge in [-0.05, 0) is 32.1 Å². The van der Waals surface area contributed by atoms with Crippen molar-refractivity contribution in [2.45, 2.75) is 40.3 Å². The number of nitrogens with zero attached hydrogens (tertiary/aromatic N) is 1. The number of carboxylic acids is 1. The summed E-state index contributed by atoms with van der Waals surface area (Å²) in [6.07, 6.45) is 0.00271. The van der Waals surface area contributed by atoms with Crippen LogP contribution >= 0.6 is 0 Å². The van der Waals surface area contributed by atoms with Gasteiger partial charge in [0.15, 0.2) is 5.78 Å². The highest BCUT2D eigenvalue weighted by molar-refractivity contribution is 6.02. The number of ketones is 1. The number of para-hydroxylation sites is 1. The molecule has 1 aromatic rings. The van der Waals surface area contributed by atoms with Gasteiger partial charge in [-0.3, -0.25) is 9.69 Å². The van der Waals surface area contributed by atoms with E-state index in [1.54, 1.807) is 19.1 Å². The number of benzene rings is 1. The minimum absolute atomic E-state index is 0.0216. The van der Waals surface area contributed by atoms with Gasteiger partial charge < -0.3 is 9.84 Å². The highest BCUT2D eigenvalue weighted by atomic mass is 16.5. The van der Waals surface area contributed by atoms with Gasteiger partial charge in [0, 0.05) is 6.42 Å². The Morgan fingerprint density at radius 2 is 1.76 bits per heavy atom. The summed E-state index contributed by atoms with van der Waals surface area (Å²) in [5.41, 5.74) is 0.352. The zero-order valence-electron chi connectivity index (χ0n) is 13.0.